The number of pyridine rings is 1. The molecule has 39 heavy (non-hydrogen) atoms. The van der Waals surface area contributed by atoms with E-state index >= 15 is 0 Å². The van der Waals surface area contributed by atoms with Crippen LogP contribution < -0.4 is 10.2 Å². The Morgan fingerprint density at radius 1 is 1.03 bits per heavy atom. The van der Waals surface area contributed by atoms with Gasteiger partial charge >= 0.3 is 0 Å². The molecule has 0 bridgehead atoms. The molecule has 2 saturated heterocycles. The predicted molar refractivity (Wildman–Crippen MR) is 151 cm³/mol. The number of ether oxygens (including phenoxy) is 2. The Kier molecular flexibility index (Phi) is 7.75. The highest BCUT2D eigenvalue weighted by Gasteiger charge is 2.22. The Bertz CT molecular complexity index is 1350. The molecule has 0 unspecified atom stereocenters. The summed E-state index contributed by atoms with van der Waals surface area (Å²) < 4.78 is 12.6. The molecule has 0 amide bonds. The van der Waals surface area contributed by atoms with Crippen molar-refractivity contribution in [2.75, 3.05) is 69.9 Å². The molecule has 0 aliphatic carbocycles. The smallest absolute Gasteiger partial charge is 0.227 e. The Morgan fingerprint density at radius 3 is 2.59 bits per heavy atom. The zero-order chi connectivity index (χ0) is 26.4. The molecule has 0 radical (unpaired) electrons. The van der Waals surface area contributed by atoms with Gasteiger partial charge in [0.05, 0.1) is 25.5 Å². The number of aromatic nitrogens is 5. The molecule has 0 atom stereocenters. The number of benzene rings is 1. The number of rotatable bonds is 10. The first-order chi connectivity index (χ1) is 19.2. The Morgan fingerprint density at radius 2 is 1.87 bits per heavy atom. The summed E-state index contributed by atoms with van der Waals surface area (Å²) in [6.07, 6.45) is 7.46. The first kappa shape index (κ1) is 25.4. The Hall–Kier alpha value is -3.86. The van der Waals surface area contributed by atoms with E-state index < -0.39 is 0 Å². The highest BCUT2D eigenvalue weighted by Crippen LogP contribution is 2.31. The predicted octanol–water partition coefficient (Wildman–Crippen LogP) is 3.56. The monoisotopic (exact) mass is 526 g/mol. The molecule has 4 aromatic rings. The second-order valence-electron chi connectivity index (χ2n) is 10.0. The summed E-state index contributed by atoms with van der Waals surface area (Å²) in [4.78, 5) is 18.5. The van der Waals surface area contributed by atoms with Crippen LogP contribution in [-0.4, -0.2) is 89.3 Å². The number of nitrogens with one attached hydrogen (secondary N) is 1. The number of piperazine rings is 1. The molecule has 3 aromatic heterocycles. The van der Waals surface area contributed by atoms with Crippen LogP contribution in [0.4, 0.5) is 17.3 Å². The third-order valence-corrected chi connectivity index (χ3v) is 7.25. The average Bonchev–Trinajstić information content (AvgIpc) is 3.39. The topological polar surface area (TPSA) is 93.5 Å². The normalized spacial score (nSPS) is 16.3. The number of nitrogens with zero attached hydrogens (tertiary/aromatic N) is 7. The first-order valence-electron chi connectivity index (χ1n) is 13.5. The van der Waals surface area contributed by atoms with E-state index in [0.717, 1.165) is 87.3 Å². The quantitative estimate of drug-likeness (QED) is 0.333. The van der Waals surface area contributed by atoms with Crippen LogP contribution in [0.1, 0.15) is 0 Å². The zero-order valence-electron chi connectivity index (χ0n) is 22.2. The fourth-order valence-corrected chi connectivity index (χ4v) is 4.98. The highest BCUT2D eigenvalue weighted by molar-refractivity contribution is 5.78. The van der Waals surface area contributed by atoms with Crippen LogP contribution in [0.2, 0.25) is 0 Å². The van der Waals surface area contributed by atoms with E-state index in [2.05, 4.69) is 55.5 Å². The summed E-state index contributed by atoms with van der Waals surface area (Å²) >= 11 is 0. The van der Waals surface area contributed by atoms with Crippen LogP contribution in [0.25, 0.3) is 22.5 Å². The minimum atomic E-state index is 0.490. The standard InChI is InChI=1S/C29H34N8O2/c1-38-16-15-35-11-13-36(14-12-35)25-6-4-24(5-7-25)32-29-31-10-8-27(33-29)26-19-37(18-22-20-39-21-22)34-28(26)23-3-2-9-30-17-23/h2-10,17,19,22H,11-16,18,20-21H2,1H3,(H,31,32,33). The summed E-state index contributed by atoms with van der Waals surface area (Å²) in [5, 5.41) is 8.26. The maximum atomic E-state index is 5.36. The molecule has 2 fully saturated rings. The molecule has 202 valence electrons. The molecule has 2 aliphatic rings. The van der Waals surface area contributed by atoms with E-state index in [1.807, 2.05) is 29.1 Å². The van der Waals surface area contributed by atoms with Crippen molar-refractivity contribution < 1.29 is 9.47 Å². The highest BCUT2D eigenvalue weighted by atomic mass is 16.5. The van der Waals surface area contributed by atoms with Crippen LogP contribution in [-0.2, 0) is 16.0 Å². The summed E-state index contributed by atoms with van der Waals surface area (Å²) in [6, 6.07) is 14.4. The third kappa shape index (κ3) is 6.08. The van der Waals surface area contributed by atoms with Crippen molar-refractivity contribution in [2.45, 2.75) is 6.54 Å². The molecular weight excluding hydrogens is 492 g/mol. The molecule has 0 saturated carbocycles. The SMILES string of the molecule is COCCN1CCN(c2ccc(Nc3nccc(-c4cn(CC5COC5)nc4-c4cccnc4)n3)cc2)CC1. The lowest BCUT2D eigenvalue weighted by molar-refractivity contribution is -0.0408. The molecule has 5 heterocycles. The second kappa shape index (κ2) is 11.9. The van der Waals surface area contributed by atoms with Crippen molar-refractivity contribution in [1.82, 2.24) is 29.6 Å². The van der Waals surface area contributed by atoms with Crippen LogP contribution in [0.15, 0.2) is 67.3 Å². The van der Waals surface area contributed by atoms with E-state index in [9.17, 15) is 0 Å². The number of hydrogen-bond acceptors (Lipinski definition) is 9. The Labute approximate surface area is 228 Å². The van der Waals surface area contributed by atoms with Gasteiger partial charge in [0, 0.05) is 99.6 Å². The van der Waals surface area contributed by atoms with Gasteiger partial charge in [-0.05, 0) is 42.5 Å². The minimum absolute atomic E-state index is 0.490. The molecule has 6 rings (SSSR count). The van der Waals surface area contributed by atoms with E-state index in [0.29, 0.717) is 11.9 Å². The van der Waals surface area contributed by atoms with Gasteiger partial charge in [0.25, 0.3) is 0 Å². The lowest BCUT2D eigenvalue weighted by Crippen LogP contribution is -2.47. The minimum Gasteiger partial charge on any atom is -0.383 e. The van der Waals surface area contributed by atoms with E-state index in [4.69, 9.17) is 19.6 Å². The van der Waals surface area contributed by atoms with Gasteiger partial charge in [0.15, 0.2) is 0 Å². The molecule has 10 nitrogen and oxygen atoms in total. The lowest BCUT2D eigenvalue weighted by Gasteiger charge is -2.36. The molecule has 2 aliphatic heterocycles. The van der Waals surface area contributed by atoms with Crippen molar-refractivity contribution >= 4 is 17.3 Å². The maximum Gasteiger partial charge on any atom is 0.227 e. The van der Waals surface area contributed by atoms with Gasteiger partial charge in [-0.1, -0.05) is 0 Å². The number of hydrogen-bond donors (Lipinski definition) is 1. The van der Waals surface area contributed by atoms with Gasteiger partial charge in [-0.2, -0.15) is 5.10 Å². The van der Waals surface area contributed by atoms with Crippen molar-refractivity contribution in [1.29, 1.82) is 0 Å². The van der Waals surface area contributed by atoms with Gasteiger partial charge in [0.2, 0.25) is 5.95 Å². The molecule has 1 aromatic carbocycles. The van der Waals surface area contributed by atoms with Gasteiger partial charge in [-0.15, -0.1) is 0 Å². The molecule has 1 N–H and O–H groups in total. The van der Waals surface area contributed by atoms with Crippen molar-refractivity contribution in [3.05, 3.63) is 67.3 Å². The second-order valence-corrected chi connectivity index (χ2v) is 10.0. The fourth-order valence-electron chi connectivity index (χ4n) is 4.98. The third-order valence-electron chi connectivity index (χ3n) is 7.25. The van der Waals surface area contributed by atoms with Gasteiger partial charge in [-0.3, -0.25) is 14.6 Å². The molecule has 0 spiro atoms. The Balaban J connectivity index is 1.16. The first-order valence-corrected chi connectivity index (χ1v) is 13.5. The lowest BCUT2D eigenvalue weighted by atomic mass is 10.1. The van der Waals surface area contributed by atoms with Crippen LogP contribution in [0.5, 0.6) is 0 Å². The zero-order valence-corrected chi connectivity index (χ0v) is 22.2. The van der Waals surface area contributed by atoms with Gasteiger partial charge in [-0.25, -0.2) is 9.97 Å². The van der Waals surface area contributed by atoms with E-state index in [1.54, 1.807) is 19.5 Å². The van der Waals surface area contributed by atoms with Gasteiger partial charge in [0.1, 0.15) is 5.69 Å². The van der Waals surface area contributed by atoms with Crippen LogP contribution in [0.3, 0.4) is 0 Å². The van der Waals surface area contributed by atoms with Crippen molar-refractivity contribution in [3.63, 3.8) is 0 Å². The summed E-state index contributed by atoms with van der Waals surface area (Å²) in [7, 11) is 1.76. The van der Waals surface area contributed by atoms with Gasteiger partial charge < -0.3 is 19.7 Å². The van der Waals surface area contributed by atoms with Crippen molar-refractivity contribution in [2.24, 2.45) is 5.92 Å². The number of methoxy groups -OCH3 is 1. The van der Waals surface area contributed by atoms with E-state index in [1.165, 1.54) is 5.69 Å². The van der Waals surface area contributed by atoms with E-state index in [-0.39, 0.29) is 0 Å². The number of anilines is 3. The average molecular weight is 527 g/mol. The van der Waals surface area contributed by atoms with Crippen LogP contribution in [0, 0.1) is 5.92 Å². The van der Waals surface area contributed by atoms with Crippen LogP contribution >= 0.6 is 0 Å². The fraction of sp³-hybridized carbons (Fsp3) is 0.379. The van der Waals surface area contributed by atoms with Crippen molar-refractivity contribution in [3.8, 4) is 22.5 Å². The molecular formula is C29H34N8O2. The summed E-state index contributed by atoms with van der Waals surface area (Å²) in [5.41, 5.74) is 5.76. The molecule has 10 heteroatoms. The maximum absolute atomic E-state index is 5.36. The summed E-state index contributed by atoms with van der Waals surface area (Å²) in [6.45, 7) is 8.29. The largest absolute Gasteiger partial charge is 0.383 e. The summed E-state index contributed by atoms with van der Waals surface area (Å²) in [5.74, 6) is 1.04.